The van der Waals surface area contributed by atoms with Gasteiger partial charge in [-0.2, -0.15) is 0 Å². The van der Waals surface area contributed by atoms with Crippen LogP contribution in [0.15, 0.2) is 255 Å². The molecule has 0 bridgehead atoms. The molecule has 0 aliphatic carbocycles. The lowest BCUT2D eigenvalue weighted by molar-refractivity contribution is 1.18. The van der Waals surface area contributed by atoms with E-state index in [4.69, 9.17) is 0 Å². The van der Waals surface area contributed by atoms with Gasteiger partial charge in [0.15, 0.2) is 0 Å². The van der Waals surface area contributed by atoms with Crippen LogP contribution in [-0.4, -0.2) is 4.57 Å². The number of anilines is 3. The monoisotopic (exact) mass is 790 g/mol. The largest absolute Gasteiger partial charge is 0.310 e. The summed E-state index contributed by atoms with van der Waals surface area (Å²) in [5, 5.41) is 2.51. The predicted octanol–water partition coefficient (Wildman–Crippen LogP) is 16.6. The number of nitrogens with zero attached hydrogens (tertiary/aromatic N) is 2. The van der Waals surface area contributed by atoms with Crippen molar-refractivity contribution in [2.75, 3.05) is 4.90 Å². The van der Waals surface area contributed by atoms with Gasteiger partial charge in [-0.05, 0) is 116 Å². The van der Waals surface area contributed by atoms with Gasteiger partial charge in [-0.1, -0.05) is 194 Å². The van der Waals surface area contributed by atoms with Crippen LogP contribution in [0.5, 0.6) is 0 Å². The van der Waals surface area contributed by atoms with Gasteiger partial charge in [0.1, 0.15) is 0 Å². The fourth-order valence-corrected chi connectivity index (χ4v) is 9.05. The molecule has 0 fully saturated rings. The highest BCUT2D eigenvalue weighted by molar-refractivity contribution is 6.16. The fraction of sp³-hybridized carbons (Fsp3) is 0. The van der Waals surface area contributed by atoms with Gasteiger partial charge in [-0.25, -0.2) is 0 Å². The van der Waals surface area contributed by atoms with Gasteiger partial charge in [0, 0.05) is 33.5 Å². The summed E-state index contributed by atoms with van der Waals surface area (Å²) in [6, 6.07) is 91.9. The van der Waals surface area contributed by atoms with E-state index < -0.39 is 0 Å². The molecule has 11 rings (SSSR count). The van der Waals surface area contributed by atoms with Crippen molar-refractivity contribution in [1.29, 1.82) is 0 Å². The number of benzene rings is 10. The number of aromatic nitrogens is 1. The van der Waals surface area contributed by atoms with E-state index in [0.29, 0.717) is 0 Å². The maximum Gasteiger partial charge on any atom is 0.0547 e. The summed E-state index contributed by atoms with van der Waals surface area (Å²) in [7, 11) is 0. The molecule has 0 radical (unpaired) electrons. The minimum absolute atomic E-state index is 1.09. The van der Waals surface area contributed by atoms with Crippen LogP contribution >= 0.6 is 0 Å². The molecule has 0 amide bonds. The zero-order valence-electron chi connectivity index (χ0n) is 34.1. The highest BCUT2D eigenvalue weighted by atomic mass is 15.1. The summed E-state index contributed by atoms with van der Waals surface area (Å²) in [4.78, 5) is 2.36. The fourth-order valence-electron chi connectivity index (χ4n) is 9.05. The Labute approximate surface area is 362 Å². The van der Waals surface area contributed by atoms with Crippen molar-refractivity contribution in [1.82, 2.24) is 4.57 Å². The SMILES string of the molecule is c1ccc(-c2ccc(-c3ccc(N(c4ccc(-c5ccccc5-c5cccc6c5c5ccccc5n6-c5ccccc5)cc4)c4cccc(-c5ccccc5)c4)cc3)cc2)cc1. The van der Waals surface area contributed by atoms with E-state index >= 15 is 0 Å². The van der Waals surface area contributed by atoms with E-state index in [1.54, 1.807) is 0 Å². The molecular formula is C60H42N2. The van der Waals surface area contributed by atoms with Crippen LogP contribution in [0.3, 0.4) is 0 Å². The average Bonchev–Trinajstić information content (AvgIpc) is 3.70. The van der Waals surface area contributed by atoms with Crippen molar-refractivity contribution in [3.05, 3.63) is 255 Å². The minimum atomic E-state index is 1.09. The Morgan fingerprint density at radius 2 is 0.694 bits per heavy atom. The van der Waals surface area contributed by atoms with E-state index in [-0.39, 0.29) is 0 Å². The van der Waals surface area contributed by atoms with Gasteiger partial charge < -0.3 is 9.47 Å². The van der Waals surface area contributed by atoms with Crippen LogP contribution < -0.4 is 4.90 Å². The lowest BCUT2D eigenvalue weighted by Crippen LogP contribution is -2.10. The molecule has 0 aliphatic rings. The third-order valence-electron chi connectivity index (χ3n) is 12.0. The molecular weight excluding hydrogens is 749 g/mol. The third kappa shape index (κ3) is 6.84. The highest BCUT2D eigenvalue weighted by Crippen LogP contribution is 2.43. The summed E-state index contributed by atoms with van der Waals surface area (Å²) < 4.78 is 2.39. The first-order valence-corrected chi connectivity index (χ1v) is 21.3. The maximum atomic E-state index is 2.39. The van der Waals surface area contributed by atoms with Crippen molar-refractivity contribution in [3.63, 3.8) is 0 Å². The van der Waals surface area contributed by atoms with Crippen LogP contribution in [0.4, 0.5) is 17.1 Å². The number of hydrogen-bond acceptors (Lipinski definition) is 1. The molecule has 62 heavy (non-hydrogen) atoms. The Bertz CT molecular complexity index is 3290. The summed E-state index contributed by atoms with van der Waals surface area (Å²) in [5.41, 5.74) is 18.8. The normalized spacial score (nSPS) is 11.2. The summed E-state index contributed by atoms with van der Waals surface area (Å²) >= 11 is 0. The number of hydrogen-bond donors (Lipinski definition) is 0. The molecule has 1 heterocycles. The summed E-state index contributed by atoms with van der Waals surface area (Å²) in [6.07, 6.45) is 0. The van der Waals surface area contributed by atoms with Crippen molar-refractivity contribution in [3.8, 4) is 61.3 Å². The molecule has 0 saturated heterocycles. The Hall–Kier alpha value is -8.20. The van der Waals surface area contributed by atoms with Crippen LogP contribution in [0.2, 0.25) is 0 Å². The molecule has 2 heteroatoms. The summed E-state index contributed by atoms with van der Waals surface area (Å²) in [5.74, 6) is 0. The minimum Gasteiger partial charge on any atom is -0.310 e. The average molecular weight is 791 g/mol. The van der Waals surface area contributed by atoms with Gasteiger partial charge in [0.2, 0.25) is 0 Å². The molecule has 2 nitrogen and oxygen atoms in total. The highest BCUT2D eigenvalue weighted by Gasteiger charge is 2.19. The van der Waals surface area contributed by atoms with Crippen molar-refractivity contribution >= 4 is 38.9 Å². The van der Waals surface area contributed by atoms with Crippen molar-refractivity contribution in [2.45, 2.75) is 0 Å². The molecule has 292 valence electrons. The van der Waals surface area contributed by atoms with E-state index in [1.807, 2.05) is 0 Å². The van der Waals surface area contributed by atoms with E-state index in [1.165, 1.54) is 77.4 Å². The predicted molar refractivity (Wildman–Crippen MR) is 263 cm³/mol. The second kappa shape index (κ2) is 16.1. The number of para-hydroxylation sites is 2. The number of fused-ring (bicyclic) bond motifs is 3. The zero-order chi connectivity index (χ0) is 41.2. The molecule has 11 aromatic rings. The first-order chi connectivity index (χ1) is 30.8. The standard InChI is InChI=1S/C60H42N2/c1-4-16-43(17-5-1)45-30-32-46(33-31-45)47-34-38-51(39-35-47)61(53-23-14-20-49(42-53)44-18-6-2-7-19-44)52-40-36-48(37-41-52)54-24-10-11-25-55(54)56-27-15-29-59-60(56)57-26-12-13-28-58(57)62(59)50-21-8-3-9-22-50/h1-42H. The van der Waals surface area contributed by atoms with Crippen LogP contribution in [0, 0.1) is 0 Å². The smallest absolute Gasteiger partial charge is 0.0547 e. The van der Waals surface area contributed by atoms with Crippen LogP contribution in [0.1, 0.15) is 0 Å². The molecule has 1 aromatic heterocycles. The maximum absolute atomic E-state index is 2.39. The summed E-state index contributed by atoms with van der Waals surface area (Å²) in [6.45, 7) is 0. The quantitative estimate of drug-likeness (QED) is 0.141. The lowest BCUT2D eigenvalue weighted by atomic mass is 9.92. The Morgan fingerprint density at radius 3 is 1.34 bits per heavy atom. The molecule has 0 N–H and O–H groups in total. The van der Waals surface area contributed by atoms with Gasteiger partial charge in [0.25, 0.3) is 0 Å². The van der Waals surface area contributed by atoms with Crippen LogP contribution in [0.25, 0.3) is 83.1 Å². The molecule has 0 unspecified atom stereocenters. The van der Waals surface area contributed by atoms with E-state index in [0.717, 1.165) is 22.7 Å². The molecule has 0 spiro atoms. The van der Waals surface area contributed by atoms with Gasteiger partial charge in [-0.15, -0.1) is 0 Å². The van der Waals surface area contributed by atoms with Crippen molar-refractivity contribution < 1.29 is 0 Å². The van der Waals surface area contributed by atoms with Gasteiger partial charge in [-0.3, -0.25) is 0 Å². The van der Waals surface area contributed by atoms with E-state index in [2.05, 4.69) is 264 Å². The van der Waals surface area contributed by atoms with Gasteiger partial charge >= 0.3 is 0 Å². The molecule has 10 aromatic carbocycles. The Kier molecular flexibility index (Phi) is 9.57. The van der Waals surface area contributed by atoms with Gasteiger partial charge in [0.05, 0.1) is 11.0 Å². The second-order valence-electron chi connectivity index (χ2n) is 15.7. The number of rotatable bonds is 9. The van der Waals surface area contributed by atoms with E-state index in [9.17, 15) is 0 Å². The Morgan fingerprint density at radius 1 is 0.258 bits per heavy atom. The molecule has 0 atom stereocenters. The third-order valence-corrected chi connectivity index (χ3v) is 12.0. The molecule has 0 saturated carbocycles. The first-order valence-electron chi connectivity index (χ1n) is 21.3. The topological polar surface area (TPSA) is 8.17 Å². The second-order valence-corrected chi connectivity index (χ2v) is 15.7. The first kappa shape index (κ1) is 36.8. The molecule has 0 aliphatic heterocycles. The van der Waals surface area contributed by atoms with Crippen LogP contribution in [-0.2, 0) is 0 Å². The van der Waals surface area contributed by atoms with Crippen molar-refractivity contribution in [2.24, 2.45) is 0 Å². The lowest BCUT2D eigenvalue weighted by Gasteiger charge is -2.26. The zero-order valence-corrected chi connectivity index (χ0v) is 34.1. The Balaban J connectivity index is 0.985.